The molecule has 0 amide bonds. The van der Waals surface area contributed by atoms with Gasteiger partial charge in [-0.25, -0.2) is 0 Å². The number of alkyl halides is 1. The van der Waals surface area contributed by atoms with Crippen molar-refractivity contribution in [2.75, 3.05) is 11.0 Å². The molecule has 1 N–H and O–H groups in total. The maximum absolute atomic E-state index is 8.74. The number of allylic oxidation sites excluding steroid dienone is 1. The summed E-state index contributed by atoms with van der Waals surface area (Å²) in [5, 5.41) is 8.74. The topological polar surface area (TPSA) is 20.2 Å². The molecular formula is C9H17IO. The molecule has 0 bridgehead atoms. The number of hydrogen-bond acceptors (Lipinski definition) is 1. The third-order valence-electron chi connectivity index (χ3n) is 1.61. The smallest absolute Gasteiger partial charge is 0.0639 e. The molecule has 0 rings (SSSR count). The van der Waals surface area contributed by atoms with Crippen molar-refractivity contribution in [2.24, 2.45) is 5.92 Å². The maximum Gasteiger partial charge on any atom is 0.0639 e. The summed E-state index contributed by atoms with van der Waals surface area (Å²) in [7, 11) is 0. The number of aliphatic hydroxyl groups is 1. The van der Waals surface area contributed by atoms with Gasteiger partial charge in [-0.1, -0.05) is 41.2 Å². The third kappa shape index (κ3) is 6.81. The fraction of sp³-hybridized carbons (Fsp3) is 0.778. The van der Waals surface area contributed by atoms with Gasteiger partial charge < -0.3 is 5.11 Å². The lowest BCUT2D eigenvalue weighted by atomic mass is 10.0. The number of hydrogen-bond donors (Lipinski definition) is 1. The summed E-state index contributed by atoms with van der Waals surface area (Å²) < 4.78 is 1.23. The predicted octanol–water partition coefficient (Wildman–Crippen LogP) is 2.78. The van der Waals surface area contributed by atoms with E-state index in [9.17, 15) is 0 Å². The van der Waals surface area contributed by atoms with Crippen LogP contribution in [-0.2, 0) is 0 Å². The summed E-state index contributed by atoms with van der Waals surface area (Å²) in [6, 6.07) is 0. The normalized spacial score (nSPS) is 15.1. The van der Waals surface area contributed by atoms with E-state index in [1.165, 1.54) is 17.3 Å². The van der Waals surface area contributed by atoms with Crippen LogP contribution in [0.5, 0.6) is 0 Å². The van der Waals surface area contributed by atoms with Gasteiger partial charge in [-0.3, -0.25) is 0 Å². The summed E-state index contributed by atoms with van der Waals surface area (Å²) in [4.78, 5) is 0. The van der Waals surface area contributed by atoms with E-state index in [4.69, 9.17) is 5.11 Å². The zero-order valence-corrected chi connectivity index (χ0v) is 9.47. The summed E-state index contributed by atoms with van der Waals surface area (Å²) in [5.41, 5.74) is 1.09. The number of aliphatic hydroxyl groups excluding tert-OH is 1. The van der Waals surface area contributed by atoms with Crippen molar-refractivity contribution in [1.82, 2.24) is 0 Å². The van der Waals surface area contributed by atoms with E-state index < -0.39 is 0 Å². The Morgan fingerprint density at radius 1 is 1.64 bits per heavy atom. The van der Waals surface area contributed by atoms with Gasteiger partial charge in [0.2, 0.25) is 0 Å². The zero-order chi connectivity index (χ0) is 8.69. The first-order chi connectivity index (χ1) is 5.20. The van der Waals surface area contributed by atoms with E-state index >= 15 is 0 Å². The van der Waals surface area contributed by atoms with Crippen molar-refractivity contribution in [2.45, 2.75) is 26.7 Å². The molecule has 1 atom stereocenters. The van der Waals surface area contributed by atoms with Crippen LogP contribution < -0.4 is 0 Å². The van der Waals surface area contributed by atoms with Crippen LogP contribution in [-0.4, -0.2) is 16.1 Å². The lowest BCUT2D eigenvalue weighted by molar-refractivity contribution is 0.330. The molecule has 0 saturated heterocycles. The Labute approximate surface area is 83.0 Å². The van der Waals surface area contributed by atoms with Crippen molar-refractivity contribution in [1.29, 1.82) is 0 Å². The molecule has 0 aromatic rings. The monoisotopic (exact) mass is 268 g/mol. The molecule has 0 saturated carbocycles. The van der Waals surface area contributed by atoms with Crippen LogP contribution in [0.25, 0.3) is 0 Å². The molecule has 0 aliphatic heterocycles. The van der Waals surface area contributed by atoms with Crippen LogP contribution in [0.1, 0.15) is 26.7 Å². The van der Waals surface area contributed by atoms with Crippen molar-refractivity contribution in [3.8, 4) is 0 Å². The minimum absolute atomic E-state index is 0.203. The molecule has 0 spiro atoms. The average molecular weight is 268 g/mol. The fourth-order valence-corrected chi connectivity index (χ4v) is 1.46. The maximum atomic E-state index is 8.74. The van der Waals surface area contributed by atoms with Gasteiger partial charge in [0.15, 0.2) is 0 Å². The van der Waals surface area contributed by atoms with Gasteiger partial charge in [0, 0.05) is 0 Å². The minimum atomic E-state index is 0.203. The molecule has 0 aromatic heterocycles. The molecule has 0 radical (unpaired) electrons. The Morgan fingerprint density at radius 2 is 2.27 bits per heavy atom. The molecule has 0 aromatic carbocycles. The van der Waals surface area contributed by atoms with E-state index in [0.717, 1.165) is 5.57 Å². The Balaban J connectivity index is 3.57. The number of rotatable bonds is 5. The van der Waals surface area contributed by atoms with Crippen LogP contribution in [0.15, 0.2) is 11.6 Å². The van der Waals surface area contributed by atoms with E-state index in [2.05, 4.69) is 35.6 Å². The van der Waals surface area contributed by atoms with Gasteiger partial charge in [0.1, 0.15) is 0 Å². The lowest BCUT2D eigenvalue weighted by Gasteiger charge is -2.05. The van der Waals surface area contributed by atoms with E-state index in [1.807, 2.05) is 6.92 Å². The van der Waals surface area contributed by atoms with E-state index in [-0.39, 0.29) is 6.61 Å². The Kier molecular flexibility index (Phi) is 7.38. The number of halogens is 1. The molecule has 0 aliphatic rings. The third-order valence-corrected chi connectivity index (χ3v) is 2.37. The van der Waals surface area contributed by atoms with Crippen molar-refractivity contribution in [3.05, 3.63) is 11.6 Å². The van der Waals surface area contributed by atoms with Gasteiger partial charge in [-0.05, 0) is 30.1 Å². The first-order valence-electron chi connectivity index (χ1n) is 4.04. The summed E-state index contributed by atoms with van der Waals surface area (Å²) >= 11 is 2.39. The highest BCUT2D eigenvalue weighted by molar-refractivity contribution is 14.1. The second-order valence-electron chi connectivity index (χ2n) is 2.98. The second kappa shape index (κ2) is 7.10. The molecule has 0 fully saturated rings. The van der Waals surface area contributed by atoms with E-state index in [0.29, 0.717) is 5.92 Å². The van der Waals surface area contributed by atoms with Crippen LogP contribution >= 0.6 is 22.6 Å². The SMILES string of the molecule is CC(=CC(C)CCCI)CO. The second-order valence-corrected chi connectivity index (χ2v) is 4.06. The molecule has 11 heavy (non-hydrogen) atoms. The quantitative estimate of drug-likeness (QED) is 0.462. The molecule has 0 aliphatic carbocycles. The highest BCUT2D eigenvalue weighted by atomic mass is 127. The van der Waals surface area contributed by atoms with Crippen LogP contribution in [0.4, 0.5) is 0 Å². The standard InChI is InChI=1S/C9H17IO/c1-8(4-3-5-10)6-9(2)7-11/h6,8,11H,3-5,7H2,1-2H3. The highest BCUT2D eigenvalue weighted by Crippen LogP contribution is 2.10. The summed E-state index contributed by atoms with van der Waals surface area (Å²) in [5.74, 6) is 0.622. The molecule has 66 valence electrons. The van der Waals surface area contributed by atoms with Crippen molar-refractivity contribution < 1.29 is 5.11 Å². The molecular weight excluding hydrogens is 251 g/mol. The van der Waals surface area contributed by atoms with Crippen molar-refractivity contribution in [3.63, 3.8) is 0 Å². The molecule has 0 heterocycles. The first kappa shape index (κ1) is 11.4. The first-order valence-corrected chi connectivity index (χ1v) is 5.57. The zero-order valence-electron chi connectivity index (χ0n) is 7.31. The fourth-order valence-electron chi connectivity index (χ4n) is 1.02. The van der Waals surface area contributed by atoms with Crippen LogP contribution in [0.3, 0.4) is 0 Å². The highest BCUT2D eigenvalue weighted by Gasteiger charge is 1.97. The summed E-state index contributed by atoms with van der Waals surface area (Å²) in [6.07, 6.45) is 4.67. The van der Waals surface area contributed by atoms with Gasteiger partial charge in [-0.2, -0.15) is 0 Å². The van der Waals surface area contributed by atoms with Gasteiger partial charge in [0.05, 0.1) is 6.61 Å². The van der Waals surface area contributed by atoms with E-state index in [1.54, 1.807) is 0 Å². The average Bonchev–Trinajstić information content (AvgIpc) is 2.00. The predicted molar refractivity (Wildman–Crippen MR) is 58.1 cm³/mol. The lowest BCUT2D eigenvalue weighted by Crippen LogP contribution is -1.94. The van der Waals surface area contributed by atoms with Gasteiger partial charge in [0.25, 0.3) is 0 Å². The molecule has 1 nitrogen and oxygen atoms in total. The van der Waals surface area contributed by atoms with Crippen LogP contribution in [0, 0.1) is 5.92 Å². The Bertz CT molecular complexity index is 121. The van der Waals surface area contributed by atoms with Gasteiger partial charge in [-0.15, -0.1) is 0 Å². The van der Waals surface area contributed by atoms with Crippen molar-refractivity contribution >= 4 is 22.6 Å². The van der Waals surface area contributed by atoms with Crippen LogP contribution in [0.2, 0.25) is 0 Å². The largest absolute Gasteiger partial charge is 0.392 e. The Hall–Kier alpha value is 0.430. The molecule has 2 heteroatoms. The van der Waals surface area contributed by atoms with Gasteiger partial charge >= 0.3 is 0 Å². The summed E-state index contributed by atoms with van der Waals surface area (Å²) in [6.45, 7) is 4.38. The molecule has 1 unspecified atom stereocenters. The Morgan fingerprint density at radius 3 is 2.73 bits per heavy atom. The minimum Gasteiger partial charge on any atom is -0.392 e.